The second kappa shape index (κ2) is 8.73. The molecule has 2 fully saturated rings. The molecule has 2 atom stereocenters. The van der Waals surface area contributed by atoms with Crippen LogP contribution in [-0.2, 0) is 20.9 Å². The monoisotopic (exact) mass is 443 g/mol. The molecule has 2 aliphatic heterocycles. The second-order valence-corrected chi connectivity index (χ2v) is 8.92. The highest BCUT2D eigenvalue weighted by Gasteiger charge is 2.52. The standard InChI is InChI=1S/C21H29N7O4/c1-11(2)10-27-19-15(17(29)24-8-14-7-22-12(3)6-23-14)9-25-28(19)21(32)16(20(27)31)18(30)26-13-4-5-13/h6-7,11,13,15,19,25,31H,4-5,8-10H2,1-3H3,(H,24,29)(H,26,30). The van der Waals surface area contributed by atoms with E-state index in [1.54, 1.807) is 17.3 Å². The van der Waals surface area contributed by atoms with Crippen LogP contribution in [0.2, 0.25) is 0 Å². The summed E-state index contributed by atoms with van der Waals surface area (Å²) in [6.45, 7) is 6.52. The summed E-state index contributed by atoms with van der Waals surface area (Å²) in [4.78, 5) is 48.7. The van der Waals surface area contributed by atoms with Crippen LogP contribution in [0.5, 0.6) is 0 Å². The summed E-state index contributed by atoms with van der Waals surface area (Å²) in [5, 5.41) is 17.8. The van der Waals surface area contributed by atoms with Gasteiger partial charge in [0, 0.05) is 25.3 Å². The number of carbonyl (C=O) groups excluding carboxylic acids is 3. The molecule has 0 spiro atoms. The lowest BCUT2D eigenvalue weighted by Gasteiger charge is -2.42. The van der Waals surface area contributed by atoms with Gasteiger partial charge in [-0.05, 0) is 25.7 Å². The molecule has 1 aromatic heterocycles. The molecule has 172 valence electrons. The second-order valence-electron chi connectivity index (χ2n) is 8.92. The van der Waals surface area contributed by atoms with E-state index in [0.29, 0.717) is 12.2 Å². The van der Waals surface area contributed by atoms with Gasteiger partial charge in [-0.3, -0.25) is 24.4 Å². The highest BCUT2D eigenvalue weighted by Crippen LogP contribution is 2.32. The molecule has 1 saturated heterocycles. The number of aryl methyl sites for hydroxylation is 1. The molecule has 11 heteroatoms. The van der Waals surface area contributed by atoms with Gasteiger partial charge < -0.3 is 20.6 Å². The number of nitrogens with one attached hydrogen (secondary N) is 3. The fourth-order valence-electron chi connectivity index (χ4n) is 3.93. The fraction of sp³-hybridized carbons (Fsp3) is 0.571. The highest BCUT2D eigenvalue weighted by molar-refractivity contribution is 6.19. The van der Waals surface area contributed by atoms with Crippen LogP contribution in [0.3, 0.4) is 0 Å². The van der Waals surface area contributed by atoms with Gasteiger partial charge in [0.1, 0.15) is 6.17 Å². The Bertz CT molecular complexity index is 942. The molecule has 0 radical (unpaired) electrons. The molecule has 0 aromatic carbocycles. The van der Waals surface area contributed by atoms with E-state index in [2.05, 4.69) is 26.0 Å². The van der Waals surface area contributed by atoms with E-state index in [4.69, 9.17) is 0 Å². The van der Waals surface area contributed by atoms with Gasteiger partial charge in [0.05, 0.1) is 30.0 Å². The average molecular weight is 444 g/mol. The molecule has 3 aliphatic rings. The van der Waals surface area contributed by atoms with Gasteiger partial charge in [0.15, 0.2) is 5.57 Å². The van der Waals surface area contributed by atoms with Crippen molar-refractivity contribution in [3.63, 3.8) is 0 Å². The number of aliphatic hydroxyl groups excluding tert-OH is 1. The van der Waals surface area contributed by atoms with Crippen LogP contribution in [0.15, 0.2) is 23.8 Å². The van der Waals surface area contributed by atoms with Crippen LogP contribution in [0.4, 0.5) is 0 Å². The van der Waals surface area contributed by atoms with Crippen molar-refractivity contribution in [2.24, 2.45) is 11.8 Å². The van der Waals surface area contributed by atoms with Crippen molar-refractivity contribution in [3.8, 4) is 0 Å². The summed E-state index contributed by atoms with van der Waals surface area (Å²) in [5.41, 5.74) is 4.06. The molecule has 32 heavy (non-hydrogen) atoms. The predicted octanol–water partition coefficient (Wildman–Crippen LogP) is -0.290. The Morgan fingerprint density at radius 3 is 2.66 bits per heavy atom. The average Bonchev–Trinajstić information content (AvgIpc) is 3.44. The summed E-state index contributed by atoms with van der Waals surface area (Å²) in [6.07, 6.45) is 4.21. The smallest absolute Gasteiger partial charge is 0.280 e. The maximum absolute atomic E-state index is 13.1. The van der Waals surface area contributed by atoms with Crippen LogP contribution < -0.4 is 16.1 Å². The molecular weight excluding hydrogens is 414 g/mol. The molecule has 4 rings (SSSR count). The Hall–Kier alpha value is -3.21. The number of hydrazine groups is 1. The molecule has 4 N–H and O–H groups in total. The number of hydrogen-bond donors (Lipinski definition) is 4. The third-order valence-electron chi connectivity index (χ3n) is 5.67. The Morgan fingerprint density at radius 2 is 2.03 bits per heavy atom. The first-order chi connectivity index (χ1) is 15.3. The zero-order valence-electron chi connectivity index (χ0n) is 18.5. The molecule has 1 aliphatic carbocycles. The zero-order valence-corrected chi connectivity index (χ0v) is 18.5. The van der Waals surface area contributed by atoms with Gasteiger partial charge in [0.25, 0.3) is 11.8 Å². The van der Waals surface area contributed by atoms with E-state index in [-0.39, 0.29) is 42.4 Å². The Labute approximate surface area is 186 Å². The molecule has 1 aromatic rings. The van der Waals surface area contributed by atoms with Gasteiger partial charge in [-0.25, -0.2) is 10.4 Å². The van der Waals surface area contributed by atoms with Gasteiger partial charge in [-0.2, -0.15) is 0 Å². The number of hydrogen-bond acceptors (Lipinski definition) is 8. The van der Waals surface area contributed by atoms with Crippen molar-refractivity contribution in [1.82, 2.24) is 35.9 Å². The normalized spacial score (nSPS) is 22.9. The summed E-state index contributed by atoms with van der Waals surface area (Å²) < 4.78 is 0. The van der Waals surface area contributed by atoms with Crippen molar-refractivity contribution < 1.29 is 19.5 Å². The van der Waals surface area contributed by atoms with E-state index in [1.165, 1.54) is 5.01 Å². The molecule has 11 nitrogen and oxygen atoms in total. The first-order valence-corrected chi connectivity index (χ1v) is 10.9. The summed E-state index contributed by atoms with van der Waals surface area (Å²) in [6, 6.07) is 0.0433. The minimum atomic E-state index is -0.744. The van der Waals surface area contributed by atoms with E-state index in [1.807, 2.05) is 20.8 Å². The van der Waals surface area contributed by atoms with Gasteiger partial charge in [-0.15, -0.1) is 0 Å². The van der Waals surface area contributed by atoms with E-state index in [9.17, 15) is 19.5 Å². The lowest BCUT2D eigenvalue weighted by Crippen LogP contribution is -2.60. The minimum absolute atomic E-state index is 0.0433. The summed E-state index contributed by atoms with van der Waals surface area (Å²) in [5.74, 6) is -2.42. The molecule has 2 unspecified atom stereocenters. The van der Waals surface area contributed by atoms with E-state index >= 15 is 0 Å². The quantitative estimate of drug-likeness (QED) is 0.422. The number of nitrogens with zero attached hydrogens (tertiary/aromatic N) is 4. The first-order valence-electron chi connectivity index (χ1n) is 10.9. The predicted molar refractivity (Wildman–Crippen MR) is 113 cm³/mol. The van der Waals surface area contributed by atoms with Gasteiger partial charge in [-0.1, -0.05) is 13.8 Å². The van der Waals surface area contributed by atoms with Crippen LogP contribution in [-0.4, -0.2) is 68.0 Å². The van der Waals surface area contributed by atoms with Gasteiger partial charge >= 0.3 is 0 Å². The van der Waals surface area contributed by atoms with Crippen molar-refractivity contribution >= 4 is 17.7 Å². The molecule has 3 heterocycles. The van der Waals surface area contributed by atoms with Gasteiger partial charge in [0.2, 0.25) is 11.8 Å². The maximum atomic E-state index is 13.1. The Kier molecular flexibility index (Phi) is 6.00. The third kappa shape index (κ3) is 4.38. The SMILES string of the molecule is Cc1cnc(CNC(=O)C2CNN3C(=O)C(C(=O)NC4CC4)=C(O)N(CC(C)C)C23)cn1. The molecule has 1 saturated carbocycles. The number of rotatable bonds is 7. The fourth-order valence-corrected chi connectivity index (χ4v) is 3.93. The molecule has 3 amide bonds. The molecule has 0 bridgehead atoms. The van der Waals surface area contributed by atoms with Crippen LogP contribution in [0.25, 0.3) is 0 Å². The highest BCUT2D eigenvalue weighted by atomic mass is 16.3. The van der Waals surface area contributed by atoms with Crippen LogP contribution in [0, 0.1) is 18.8 Å². The van der Waals surface area contributed by atoms with E-state index < -0.39 is 23.9 Å². The largest absolute Gasteiger partial charge is 0.494 e. The van der Waals surface area contributed by atoms with Crippen molar-refractivity contribution in [3.05, 3.63) is 35.2 Å². The van der Waals surface area contributed by atoms with Crippen molar-refractivity contribution in [2.45, 2.75) is 52.4 Å². The summed E-state index contributed by atoms with van der Waals surface area (Å²) in [7, 11) is 0. The molecular formula is C21H29N7O4. The summed E-state index contributed by atoms with van der Waals surface area (Å²) >= 11 is 0. The third-order valence-corrected chi connectivity index (χ3v) is 5.67. The topological polar surface area (TPSA) is 140 Å². The number of amides is 3. The number of aliphatic hydroxyl groups is 1. The van der Waals surface area contributed by atoms with Crippen molar-refractivity contribution in [1.29, 1.82) is 0 Å². The lowest BCUT2D eigenvalue weighted by molar-refractivity contribution is -0.144. The number of aromatic nitrogens is 2. The van der Waals surface area contributed by atoms with Crippen LogP contribution in [0.1, 0.15) is 38.1 Å². The minimum Gasteiger partial charge on any atom is -0.494 e. The Balaban J connectivity index is 1.55. The maximum Gasteiger partial charge on any atom is 0.280 e. The van der Waals surface area contributed by atoms with E-state index in [0.717, 1.165) is 18.5 Å². The first kappa shape index (κ1) is 22.0. The van der Waals surface area contributed by atoms with Crippen molar-refractivity contribution in [2.75, 3.05) is 13.1 Å². The zero-order chi connectivity index (χ0) is 23.0. The Morgan fingerprint density at radius 1 is 1.28 bits per heavy atom. The number of fused-ring (bicyclic) bond motifs is 1. The lowest BCUT2D eigenvalue weighted by atomic mass is 10.0. The van der Waals surface area contributed by atoms with Crippen LogP contribution >= 0.6 is 0 Å². The number of carbonyl (C=O) groups is 3.